The first-order valence-electron chi connectivity index (χ1n) is 6.28. The van der Waals surface area contributed by atoms with Gasteiger partial charge in [-0.25, -0.2) is 0 Å². The van der Waals surface area contributed by atoms with Crippen LogP contribution in [-0.2, 0) is 0 Å². The minimum absolute atomic E-state index is 0.506. The Labute approximate surface area is 102 Å². The van der Waals surface area contributed by atoms with Crippen molar-refractivity contribution in [3.05, 3.63) is 24.0 Å². The SMILES string of the molecule is CCCOc1cncc(C(O)CNC2CC2)c1. The Balaban J connectivity index is 1.88. The molecule has 1 saturated carbocycles. The summed E-state index contributed by atoms with van der Waals surface area (Å²) in [5, 5.41) is 13.3. The molecule has 0 radical (unpaired) electrons. The lowest BCUT2D eigenvalue weighted by Crippen LogP contribution is -2.23. The van der Waals surface area contributed by atoms with E-state index < -0.39 is 6.10 Å². The lowest BCUT2D eigenvalue weighted by atomic mass is 10.1. The van der Waals surface area contributed by atoms with Crippen molar-refractivity contribution < 1.29 is 9.84 Å². The molecule has 4 nitrogen and oxygen atoms in total. The summed E-state index contributed by atoms with van der Waals surface area (Å²) < 4.78 is 5.49. The van der Waals surface area contributed by atoms with E-state index in [-0.39, 0.29) is 0 Å². The predicted octanol–water partition coefficient (Wildman–Crippen LogP) is 1.66. The zero-order valence-electron chi connectivity index (χ0n) is 10.2. The van der Waals surface area contributed by atoms with Gasteiger partial charge < -0.3 is 15.2 Å². The molecular weight excluding hydrogens is 216 g/mol. The zero-order chi connectivity index (χ0) is 12.1. The molecule has 0 amide bonds. The summed E-state index contributed by atoms with van der Waals surface area (Å²) in [4.78, 5) is 4.09. The highest BCUT2D eigenvalue weighted by atomic mass is 16.5. The Morgan fingerprint density at radius 1 is 1.53 bits per heavy atom. The fourth-order valence-corrected chi connectivity index (χ4v) is 1.60. The van der Waals surface area contributed by atoms with E-state index in [0.29, 0.717) is 19.2 Å². The molecule has 4 heteroatoms. The number of aliphatic hydroxyl groups is 1. The van der Waals surface area contributed by atoms with Crippen LogP contribution in [0.2, 0.25) is 0 Å². The lowest BCUT2D eigenvalue weighted by molar-refractivity contribution is 0.173. The third-order valence-corrected chi connectivity index (χ3v) is 2.77. The second-order valence-electron chi connectivity index (χ2n) is 4.50. The van der Waals surface area contributed by atoms with Crippen LogP contribution in [0.3, 0.4) is 0 Å². The van der Waals surface area contributed by atoms with E-state index in [9.17, 15) is 5.11 Å². The van der Waals surface area contributed by atoms with Crippen LogP contribution in [0, 0.1) is 0 Å². The molecule has 2 rings (SSSR count). The molecule has 0 spiro atoms. The van der Waals surface area contributed by atoms with E-state index in [1.165, 1.54) is 12.8 Å². The Morgan fingerprint density at radius 2 is 2.35 bits per heavy atom. The van der Waals surface area contributed by atoms with Crippen molar-refractivity contribution >= 4 is 0 Å². The first-order valence-corrected chi connectivity index (χ1v) is 6.28. The Hall–Kier alpha value is -1.13. The molecular formula is C13H20N2O2. The molecule has 0 aliphatic heterocycles. The standard InChI is InChI=1S/C13H20N2O2/c1-2-5-17-12-6-10(7-14-8-12)13(16)9-15-11-3-4-11/h6-8,11,13,15-16H,2-5,9H2,1H3. The highest BCUT2D eigenvalue weighted by Gasteiger charge is 2.21. The molecule has 1 aliphatic rings. The maximum absolute atomic E-state index is 9.99. The second-order valence-corrected chi connectivity index (χ2v) is 4.50. The van der Waals surface area contributed by atoms with E-state index in [0.717, 1.165) is 17.7 Å². The molecule has 0 aromatic carbocycles. The molecule has 2 N–H and O–H groups in total. The van der Waals surface area contributed by atoms with Gasteiger partial charge in [0.15, 0.2) is 0 Å². The second kappa shape index (κ2) is 5.98. The van der Waals surface area contributed by atoms with Crippen LogP contribution in [0.4, 0.5) is 0 Å². The molecule has 1 aliphatic carbocycles. The molecule has 17 heavy (non-hydrogen) atoms. The molecule has 1 unspecified atom stereocenters. The van der Waals surface area contributed by atoms with Crippen molar-refractivity contribution in [1.82, 2.24) is 10.3 Å². The van der Waals surface area contributed by atoms with Crippen molar-refractivity contribution in [3.63, 3.8) is 0 Å². The first-order chi connectivity index (χ1) is 8.29. The molecule has 1 atom stereocenters. The van der Waals surface area contributed by atoms with Crippen LogP contribution in [0.25, 0.3) is 0 Å². The number of nitrogens with one attached hydrogen (secondary N) is 1. The summed E-state index contributed by atoms with van der Waals surface area (Å²) in [6.45, 7) is 3.33. The summed E-state index contributed by atoms with van der Waals surface area (Å²) in [6, 6.07) is 2.47. The van der Waals surface area contributed by atoms with Gasteiger partial charge in [0.05, 0.1) is 18.9 Å². The van der Waals surface area contributed by atoms with Gasteiger partial charge in [-0.15, -0.1) is 0 Å². The quantitative estimate of drug-likeness (QED) is 0.756. The number of hydrogen-bond donors (Lipinski definition) is 2. The largest absolute Gasteiger partial charge is 0.492 e. The van der Waals surface area contributed by atoms with Crippen LogP contribution in [0.5, 0.6) is 5.75 Å². The van der Waals surface area contributed by atoms with E-state index in [1.54, 1.807) is 12.4 Å². The van der Waals surface area contributed by atoms with Crippen LogP contribution < -0.4 is 10.1 Å². The number of aliphatic hydroxyl groups excluding tert-OH is 1. The van der Waals surface area contributed by atoms with Gasteiger partial charge in [-0.2, -0.15) is 0 Å². The van der Waals surface area contributed by atoms with Crippen LogP contribution >= 0.6 is 0 Å². The van der Waals surface area contributed by atoms with E-state index >= 15 is 0 Å². The topological polar surface area (TPSA) is 54.4 Å². The number of nitrogens with zero attached hydrogens (tertiary/aromatic N) is 1. The van der Waals surface area contributed by atoms with Gasteiger partial charge in [0.1, 0.15) is 5.75 Å². The monoisotopic (exact) mass is 236 g/mol. The lowest BCUT2D eigenvalue weighted by Gasteiger charge is -2.12. The molecule has 1 aromatic heterocycles. The van der Waals surface area contributed by atoms with Crippen molar-refractivity contribution in [1.29, 1.82) is 0 Å². The summed E-state index contributed by atoms with van der Waals surface area (Å²) in [5.41, 5.74) is 0.812. The predicted molar refractivity (Wildman–Crippen MR) is 66.0 cm³/mol. The van der Waals surface area contributed by atoms with Crippen molar-refractivity contribution in [2.24, 2.45) is 0 Å². The fraction of sp³-hybridized carbons (Fsp3) is 0.615. The summed E-state index contributed by atoms with van der Waals surface area (Å²) in [5.74, 6) is 0.731. The Kier molecular flexibility index (Phi) is 4.34. The van der Waals surface area contributed by atoms with Gasteiger partial charge in [-0.3, -0.25) is 4.98 Å². The summed E-state index contributed by atoms with van der Waals surface area (Å²) in [6.07, 6.45) is 6.29. The number of ether oxygens (including phenoxy) is 1. The summed E-state index contributed by atoms with van der Waals surface area (Å²) >= 11 is 0. The van der Waals surface area contributed by atoms with E-state index in [1.807, 2.05) is 6.07 Å². The molecule has 1 fully saturated rings. The van der Waals surface area contributed by atoms with Crippen LogP contribution in [-0.4, -0.2) is 29.3 Å². The molecule has 1 aromatic rings. The maximum Gasteiger partial charge on any atom is 0.137 e. The van der Waals surface area contributed by atoms with Gasteiger partial charge >= 0.3 is 0 Å². The third-order valence-electron chi connectivity index (χ3n) is 2.77. The van der Waals surface area contributed by atoms with Crippen molar-refractivity contribution in [2.75, 3.05) is 13.2 Å². The van der Waals surface area contributed by atoms with Gasteiger partial charge in [0, 0.05) is 24.3 Å². The number of pyridine rings is 1. The highest BCUT2D eigenvalue weighted by Crippen LogP contribution is 2.21. The van der Waals surface area contributed by atoms with Gasteiger partial charge in [-0.05, 0) is 25.3 Å². The molecule has 0 bridgehead atoms. The van der Waals surface area contributed by atoms with Crippen LogP contribution in [0.15, 0.2) is 18.5 Å². The third kappa shape index (κ3) is 3.98. The number of aromatic nitrogens is 1. The van der Waals surface area contributed by atoms with Gasteiger partial charge in [0.25, 0.3) is 0 Å². The number of hydrogen-bond acceptors (Lipinski definition) is 4. The maximum atomic E-state index is 9.99. The number of rotatable bonds is 7. The molecule has 0 saturated heterocycles. The highest BCUT2D eigenvalue weighted by molar-refractivity contribution is 5.25. The van der Waals surface area contributed by atoms with Crippen LogP contribution in [0.1, 0.15) is 37.9 Å². The normalized spacial score (nSPS) is 16.8. The van der Waals surface area contributed by atoms with E-state index in [2.05, 4.69) is 17.2 Å². The van der Waals surface area contributed by atoms with Gasteiger partial charge in [-0.1, -0.05) is 6.92 Å². The minimum atomic E-state index is -0.506. The first kappa shape index (κ1) is 12.3. The average Bonchev–Trinajstić information content (AvgIpc) is 3.18. The van der Waals surface area contributed by atoms with Crippen molar-refractivity contribution in [2.45, 2.75) is 38.3 Å². The Morgan fingerprint density at radius 3 is 3.06 bits per heavy atom. The molecule has 94 valence electrons. The minimum Gasteiger partial charge on any atom is -0.492 e. The zero-order valence-corrected chi connectivity index (χ0v) is 10.2. The fourth-order valence-electron chi connectivity index (χ4n) is 1.60. The Bertz CT molecular complexity index is 353. The smallest absolute Gasteiger partial charge is 0.137 e. The van der Waals surface area contributed by atoms with Crippen molar-refractivity contribution in [3.8, 4) is 5.75 Å². The van der Waals surface area contributed by atoms with E-state index in [4.69, 9.17) is 4.74 Å². The summed E-state index contributed by atoms with van der Waals surface area (Å²) in [7, 11) is 0. The average molecular weight is 236 g/mol. The van der Waals surface area contributed by atoms with Gasteiger partial charge in [0.2, 0.25) is 0 Å². The molecule has 1 heterocycles.